The van der Waals surface area contributed by atoms with E-state index < -0.39 is 0 Å². The summed E-state index contributed by atoms with van der Waals surface area (Å²) in [6, 6.07) is 16.5. The number of aliphatic imine (C=N–C) groups is 1. The van der Waals surface area contributed by atoms with E-state index in [1.54, 1.807) is 12.5 Å². The van der Waals surface area contributed by atoms with Gasteiger partial charge in [0.1, 0.15) is 11.5 Å². The molecule has 1 aliphatic carbocycles. The molecule has 1 aliphatic rings. The fraction of sp³-hybridized carbons (Fsp3) is 0.194. The average Bonchev–Trinajstić information content (AvgIpc) is 3.62. The highest BCUT2D eigenvalue weighted by atomic mass is 16.3. The molecule has 0 bridgehead atoms. The highest BCUT2D eigenvalue weighted by molar-refractivity contribution is 6.06. The molecular formula is C31H32N2O2. The minimum atomic E-state index is 0.768. The Bertz CT molecular complexity index is 1240. The third-order valence-electron chi connectivity index (χ3n) is 5.92. The number of hydrogen-bond acceptors (Lipinski definition) is 4. The van der Waals surface area contributed by atoms with E-state index in [9.17, 15) is 0 Å². The van der Waals surface area contributed by atoms with E-state index in [1.807, 2.05) is 43.3 Å². The highest BCUT2D eigenvalue weighted by Gasteiger charge is 2.11. The summed E-state index contributed by atoms with van der Waals surface area (Å²) in [5.41, 5.74) is 6.40. The second kappa shape index (κ2) is 11.9. The Morgan fingerprint density at radius 3 is 2.06 bits per heavy atom. The Morgan fingerprint density at radius 2 is 1.49 bits per heavy atom. The quantitative estimate of drug-likeness (QED) is 0.304. The topological polar surface area (TPSA) is 41.9 Å². The minimum Gasteiger partial charge on any atom is -0.464 e. The Kier molecular flexibility index (Phi) is 8.18. The summed E-state index contributed by atoms with van der Waals surface area (Å²) in [6.07, 6.45) is 17.9. The van der Waals surface area contributed by atoms with E-state index in [0.717, 1.165) is 59.1 Å². The highest BCUT2D eigenvalue weighted by Crippen LogP contribution is 2.28. The molecule has 0 spiro atoms. The summed E-state index contributed by atoms with van der Waals surface area (Å²) >= 11 is 0. The molecule has 0 N–H and O–H groups in total. The van der Waals surface area contributed by atoms with Crippen molar-refractivity contribution >= 4 is 22.5 Å². The van der Waals surface area contributed by atoms with Crippen molar-refractivity contribution in [2.45, 2.75) is 20.8 Å². The number of benzene rings is 1. The van der Waals surface area contributed by atoms with Crippen molar-refractivity contribution in [3.05, 3.63) is 126 Å². The standard InChI is InChI=1S/C31H32N2O2/c1-4-32-26-18-14-24(15-19-26)28(30-12-8-22-34-30)10-7-11-29(31-13-9-23-35-31)25-16-20-27(21-17-25)33(5-2)6-3/h7-23H,4-6H2,1-3H3. The zero-order valence-corrected chi connectivity index (χ0v) is 20.6. The summed E-state index contributed by atoms with van der Waals surface area (Å²) in [7, 11) is 0. The van der Waals surface area contributed by atoms with Gasteiger partial charge < -0.3 is 13.7 Å². The Morgan fingerprint density at radius 1 is 0.829 bits per heavy atom. The van der Waals surface area contributed by atoms with Crippen molar-refractivity contribution in [3.8, 4) is 0 Å². The van der Waals surface area contributed by atoms with E-state index in [2.05, 4.69) is 78.4 Å². The summed E-state index contributed by atoms with van der Waals surface area (Å²) in [5, 5.41) is 0. The van der Waals surface area contributed by atoms with Gasteiger partial charge in [0.15, 0.2) is 0 Å². The number of allylic oxidation sites excluding steroid dienone is 9. The van der Waals surface area contributed by atoms with Crippen LogP contribution in [-0.2, 0) is 0 Å². The summed E-state index contributed by atoms with van der Waals surface area (Å²) < 4.78 is 11.5. The fourth-order valence-corrected chi connectivity index (χ4v) is 4.11. The van der Waals surface area contributed by atoms with Crippen LogP contribution in [0.25, 0.3) is 11.1 Å². The molecule has 0 atom stereocenters. The van der Waals surface area contributed by atoms with Gasteiger partial charge in [-0.2, -0.15) is 0 Å². The van der Waals surface area contributed by atoms with Crippen LogP contribution in [0.2, 0.25) is 0 Å². The Labute approximate surface area is 208 Å². The van der Waals surface area contributed by atoms with E-state index in [1.165, 1.54) is 5.69 Å². The second-order valence-corrected chi connectivity index (χ2v) is 8.05. The summed E-state index contributed by atoms with van der Waals surface area (Å²) in [5.74, 6) is 1.65. The van der Waals surface area contributed by atoms with Crippen molar-refractivity contribution in [3.63, 3.8) is 0 Å². The molecule has 4 heteroatoms. The maximum Gasteiger partial charge on any atom is 0.134 e. The minimum absolute atomic E-state index is 0.768. The van der Waals surface area contributed by atoms with E-state index >= 15 is 0 Å². The van der Waals surface area contributed by atoms with E-state index in [-0.39, 0.29) is 0 Å². The van der Waals surface area contributed by atoms with Crippen LogP contribution in [0, 0.1) is 0 Å². The third kappa shape index (κ3) is 5.90. The number of furan rings is 2. The van der Waals surface area contributed by atoms with Crippen LogP contribution >= 0.6 is 0 Å². The molecule has 2 aromatic heterocycles. The lowest BCUT2D eigenvalue weighted by Crippen LogP contribution is -2.21. The summed E-state index contributed by atoms with van der Waals surface area (Å²) in [6.45, 7) is 9.13. The number of nitrogens with zero attached hydrogens (tertiary/aromatic N) is 2. The molecule has 0 aliphatic heterocycles. The maximum absolute atomic E-state index is 5.77. The van der Waals surface area contributed by atoms with E-state index in [0.29, 0.717) is 0 Å². The van der Waals surface area contributed by atoms with Crippen molar-refractivity contribution in [2.24, 2.45) is 4.99 Å². The molecule has 0 saturated heterocycles. The molecule has 4 nitrogen and oxygen atoms in total. The first kappa shape index (κ1) is 24.1. The van der Waals surface area contributed by atoms with Gasteiger partial charge >= 0.3 is 0 Å². The van der Waals surface area contributed by atoms with Crippen LogP contribution in [0.5, 0.6) is 0 Å². The van der Waals surface area contributed by atoms with Crippen molar-refractivity contribution in [2.75, 3.05) is 24.5 Å². The van der Waals surface area contributed by atoms with Gasteiger partial charge in [0.2, 0.25) is 0 Å². The van der Waals surface area contributed by atoms with Crippen molar-refractivity contribution < 1.29 is 8.83 Å². The largest absolute Gasteiger partial charge is 0.464 e. The van der Waals surface area contributed by atoms with Crippen LogP contribution in [0.15, 0.2) is 123 Å². The third-order valence-corrected chi connectivity index (χ3v) is 5.92. The Hall–Kier alpha value is -4.05. The molecule has 2 heterocycles. The van der Waals surface area contributed by atoms with Gasteiger partial charge in [-0.25, -0.2) is 0 Å². The first-order valence-corrected chi connectivity index (χ1v) is 12.2. The molecule has 178 valence electrons. The smallest absolute Gasteiger partial charge is 0.134 e. The van der Waals surface area contributed by atoms with Crippen LogP contribution in [0.1, 0.15) is 37.9 Å². The predicted octanol–water partition coefficient (Wildman–Crippen LogP) is 7.75. The number of rotatable bonds is 9. The van der Waals surface area contributed by atoms with Crippen LogP contribution in [0.3, 0.4) is 0 Å². The molecule has 0 unspecified atom stereocenters. The van der Waals surface area contributed by atoms with Crippen molar-refractivity contribution in [1.29, 1.82) is 0 Å². The summed E-state index contributed by atoms with van der Waals surface area (Å²) in [4.78, 5) is 6.81. The lowest BCUT2D eigenvalue weighted by molar-refractivity contribution is 0.554. The maximum atomic E-state index is 5.77. The SMILES string of the molecule is CCN=C1C=CC(=C(C=CC=C(c2ccc(N(CC)CC)cc2)c2ccco2)c2ccco2)C=C1. The molecule has 0 saturated carbocycles. The first-order chi connectivity index (χ1) is 17.2. The molecule has 4 rings (SSSR count). The van der Waals surface area contributed by atoms with Gasteiger partial charge in [0, 0.05) is 36.5 Å². The van der Waals surface area contributed by atoms with Crippen molar-refractivity contribution in [1.82, 2.24) is 0 Å². The first-order valence-electron chi connectivity index (χ1n) is 12.2. The van der Waals surface area contributed by atoms with Gasteiger partial charge in [0.25, 0.3) is 0 Å². The molecule has 0 amide bonds. The van der Waals surface area contributed by atoms with Crippen LogP contribution in [-0.4, -0.2) is 25.3 Å². The number of hydrogen-bond donors (Lipinski definition) is 0. The fourth-order valence-electron chi connectivity index (χ4n) is 4.11. The molecule has 35 heavy (non-hydrogen) atoms. The second-order valence-electron chi connectivity index (χ2n) is 8.05. The van der Waals surface area contributed by atoms with Gasteiger partial charge in [-0.15, -0.1) is 0 Å². The zero-order chi connectivity index (χ0) is 24.5. The van der Waals surface area contributed by atoms with Gasteiger partial charge in [-0.1, -0.05) is 42.5 Å². The monoisotopic (exact) mass is 464 g/mol. The van der Waals surface area contributed by atoms with Gasteiger partial charge in [-0.3, -0.25) is 4.99 Å². The van der Waals surface area contributed by atoms with E-state index in [4.69, 9.17) is 8.83 Å². The normalized spacial score (nSPS) is 13.6. The molecule has 0 fully saturated rings. The average molecular weight is 465 g/mol. The van der Waals surface area contributed by atoms with Gasteiger partial charge in [-0.05, 0) is 80.5 Å². The lowest BCUT2D eigenvalue weighted by Gasteiger charge is -2.21. The molecule has 1 aromatic carbocycles. The van der Waals surface area contributed by atoms with Crippen LogP contribution < -0.4 is 4.90 Å². The lowest BCUT2D eigenvalue weighted by atomic mass is 9.99. The predicted molar refractivity (Wildman–Crippen MR) is 147 cm³/mol. The van der Waals surface area contributed by atoms with Crippen LogP contribution in [0.4, 0.5) is 5.69 Å². The van der Waals surface area contributed by atoms with Gasteiger partial charge in [0.05, 0.1) is 18.2 Å². The Balaban J connectivity index is 1.69. The molecule has 0 radical (unpaired) electrons. The number of anilines is 1. The molecular weight excluding hydrogens is 432 g/mol. The zero-order valence-electron chi connectivity index (χ0n) is 20.6. The molecule has 3 aromatic rings.